The average Bonchev–Trinajstić information content (AvgIpc) is 2.72. The molecule has 27 heavy (non-hydrogen) atoms. The molecule has 142 valence electrons. The SMILES string of the molecule is COC(=O)N1CCN(C(=O)NCc2ccc(-c3cccc(C)c3)cc2)CC1. The van der Waals surface area contributed by atoms with E-state index in [2.05, 4.69) is 48.6 Å². The summed E-state index contributed by atoms with van der Waals surface area (Å²) in [5, 5.41) is 2.95. The van der Waals surface area contributed by atoms with Crippen LogP contribution in [0.5, 0.6) is 0 Å². The van der Waals surface area contributed by atoms with Crippen molar-refractivity contribution in [2.45, 2.75) is 13.5 Å². The fraction of sp³-hybridized carbons (Fsp3) is 0.333. The van der Waals surface area contributed by atoms with Crippen molar-refractivity contribution < 1.29 is 14.3 Å². The van der Waals surface area contributed by atoms with Crippen LogP contribution < -0.4 is 5.32 Å². The first-order chi connectivity index (χ1) is 13.1. The van der Waals surface area contributed by atoms with Crippen LogP contribution in [0.3, 0.4) is 0 Å². The van der Waals surface area contributed by atoms with Gasteiger partial charge < -0.3 is 19.9 Å². The maximum atomic E-state index is 12.3. The third-order valence-electron chi connectivity index (χ3n) is 4.75. The molecule has 6 nitrogen and oxygen atoms in total. The molecule has 2 aromatic carbocycles. The summed E-state index contributed by atoms with van der Waals surface area (Å²) in [6.07, 6.45) is -0.344. The van der Waals surface area contributed by atoms with Gasteiger partial charge in [-0.05, 0) is 23.6 Å². The molecule has 0 spiro atoms. The number of piperazine rings is 1. The number of carbonyl (C=O) groups excluding carboxylic acids is 2. The second-order valence-corrected chi connectivity index (χ2v) is 6.67. The fourth-order valence-electron chi connectivity index (χ4n) is 3.15. The third kappa shape index (κ3) is 4.78. The lowest BCUT2D eigenvalue weighted by molar-refractivity contribution is 0.0970. The monoisotopic (exact) mass is 367 g/mol. The summed E-state index contributed by atoms with van der Waals surface area (Å²) in [6, 6.07) is 16.5. The molecule has 1 saturated heterocycles. The number of nitrogens with one attached hydrogen (secondary N) is 1. The van der Waals surface area contributed by atoms with Crippen LogP contribution in [0.25, 0.3) is 11.1 Å². The van der Waals surface area contributed by atoms with Gasteiger partial charge in [0.15, 0.2) is 0 Å². The number of nitrogens with zero attached hydrogens (tertiary/aromatic N) is 2. The lowest BCUT2D eigenvalue weighted by Crippen LogP contribution is -2.53. The minimum atomic E-state index is -0.344. The minimum absolute atomic E-state index is 0.109. The van der Waals surface area contributed by atoms with Gasteiger partial charge in [0.1, 0.15) is 0 Å². The van der Waals surface area contributed by atoms with Crippen LogP contribution in [0.1, 0.15) is 11.1 Å². The molecule has 2 aromatic rings. The van der Waals surface area contributed by atoms with Crippen molar-refractivity contribution >= 4 is 12.1 Å². The molecule has 1 aliphatic rings. The zero-order chi connectivity index (χ0) is 19.2. The number of ether oxygens (including phenoxy) is 1. The van der Waals surface area contributed by atoms with Gasteiger partial charge in [0.25, 0.3) is 0 Å². The highest BCUT2D eigenvalue weighted by Gasteiger charge is 2.24. The molecule has 0 saturated carbocycles. The van der Waals surface area contributed by atoms with E-state index in [1.807, 2.05) is 12.1 Å². The van der Waals surface area contributed by atoms with Gasteiger partial charge in [-0.3, -0.25) is 0 Å². The van der Waals surface area contributed by atoms with Crippen LogP contribution in [0.15, 0.2) is 48.5 Å². The first-order valence-electron chi connectivity index (χ1n) is 9.08. The zero-order valence-electron chi connectivity index (χ0n) is 15.8. The average molecular weight is 367 g/mol. The summed E-state index contributed by atoms with van der Waals surface area (Å²) in [4.78, 5) is 27.1. The van der Waals surface area contributed by atoms with Crippen LogP contribution in [0.4, 0.5) is 9.59 Å². The van der Waals surface area contributed by atoms with Crippen LogP contribution in [0, 0.1) is 6.92 Å². The molecule has 1 aliphatic heterocycles. The van der Waals surface area contributed by atoms with Crippen molar-refractivity contribution in [2.24, 2.45) is 0 Å². The van der Waals surface area contributed by atoms with Crippen LogP contribution in [-0.4, -0.2) is 55.2 Å². The van der Waals surface area contributed by atoms with E-state index in [1.54, 1.807) is 9.80 Å². The van der Waals surface area contributed by atoms with E-state index < -0.39 is 0 Å². The maximum Gasteiger partial charge on any atom is 0.409 e. The van der Waals surface area contributed by atoms with E-state index >= 15 is 0 Å². The summed E-state index contributed by atoms with van der Waals surface area (Å²) in [6.45, 7) is 4.56. The molecule has 0 bridgehead atoms. The van der Waals surface area contributed by atoms with Crippen molar-refractivity contribution in [3.63, 3.8) is 0 Å². The molecule has 0 atom stereocenters. The molecule has 0 aliphatic carbocycles. The number of hydrogen-bond donors (Lipinski definition) is 1. The highest BCUT2D eigenvalue weighted by molar-refractivity contribution is 5.75. The van der Waals surface area contributed by atoms with Gasteiger partial charge >= 0.3 is 12.1 Å². The highest BCUT2D eigenvalue weighted by atomic mass is 16.5. The standard InChI is InChI=1S/C21H25N3O3/c1-16-4-3-5-19(14-16)18-8-6-17(7-9-18)15-22-20(25)23-10-12-24(13-11-23)21(26)27-2/h3-9,14H,10-13,15H2,1-2H3,(H,22,25). The number of aryl methyl sites for hydroxylation is 1. The molecule has 0 radical (unpaired) electrons. The molecule has 1 heterocycles. The zero-order valence-corrected chi connectivity index (χ0v) is 15.8. The minimum Gasteiger partial charge on any atom is -0.453 e. The normalized spacial score (nSPS) is 14.0. The Balaban J connectivity index is 1.50. The number of carbonyl (C=O) groups is 2. The summed E-state index contributed by atoms with van der Waals surface area (Å²) >= 11 is 0. The van der Waals surface area contributed by atoms with E-state index in [-0.39, 0.29) is 12.1 Å². The predicted molar refractivity (Wildman–Crippen MR) is 104 cm³/mol. The van der Waals surface area contributed by atoms with E-state index in [4.69, 9.17) is 4.74 Å². The van der Waals surface area contributed by atoms with Crippen molar-refractivity contribution in [3.8, 4) is 11.1 Å². The molecule has 0 aromatic heterocycles. The molecule has 1 fully saturated rings. The summed E-state index contributed by atoms with van der Waals surface area (Å²) in [7, 11) is 1.37. The van der Waals surface area contributed by atoms with Crippen LogP contribution in [-0.2, 0) is 11.3 Å². The van der Waals surface area contributed by atoms with Gasteiger partial charge in [-0.1, -0.05) is 54.1 Å². The Kier molecular flexibility index (Phi) is 5.96. The highest BCUT2D eigenvalue weighted by Crippen LogP contribution is 2.20. The number of methoxy groups -OCH3 is 1. The number of amides is 3. The molecule has 6 heteroatoms. The van der Waals surface area contributed by atoms with Gasteiger partial charge in [-0.15, -0.1) is 0 Å². The first-order valence-corrected chi connectivity index (χ1v) is 9.08. The second kappa shape index (κ2) is 8.58. The maximum absolute atomic E-state index is 12.3. The Bertz CT molecular complexity index is 797. The molecular weight excluding hydrogens is 342 g/mol. The Labute approximate surface area is 159 Å². The largest absolute Gasteiger partial charge is 0.453 e. The van der Waals surface area contributed by atoms with E-state index in [0.29, 0.717) is 32.7 Å². The van der Waals surface area contributed by atoms with Crippen LogP contribution >= 0.6 is 0 Å². The smallest absolute Gasteiger partial charge is 0.409 e. The molecule has 3 rings (SSSR count). The van der Waals surface area contributed by atoms with E-state index in [0.717, 1.165) is 11.1 Å². The van der Waals surface area contributed by atoms with Crippen molar-refractivity contribution in [2.75, 3.05) is 33.3 Å². The number of benzene rings is 2. The van der Waals surface area contributed by atoms with Gasteiger partial charge in [0.05, 0.1) is 7.11 Å². The number of urea groups is 1. The first kappa shape index (κ1) is 18.8. The van der Waals surface area contributed by atoms with E-state index in [9.17, 15) is 9.59 Å². The van der Waals surface area contributed by atoms with E-state index in [1.165, 1.54) is 18.2 Å². The predicted octanol–water partition coefficient (Wildman–Crippen LogP) is 3.26. The Morgan fingerprint density at radius 1 is 0.963 bits per heavy atom. The molecule has 0 unspecified atom stereocenters. The lowest BCUT2D eigenvalue weighted by Gasteiger charge is -2.33. The Hall–Kier alpha value is -3.02. The Morgan fingerprint density at radius 3 is 2.26 bits per heavy atom. The van der Waals surface area contributed by atoms with Crippen molar-refractivity contribution in [1.82, 2.24) is 15.1 Å². The summed E-state index contributed by atoms with van der Waals surface area (Å²) in [5.74, 6) is 0. The summed E-state index contributed by atoms with van der Waals surface area (Å²) in [5.41, 5.74) is 4.63. The third-order valence-corrected chi connectivity index (χ3v) is 4.75. The number of rotatable bonds is 3. The van der Waals surface area contributed by atoms with Crippen LogP contribution in [0.2, 0.25) is 0 Å². The van der Waals surface area contributed by atoms with Crippen molar-refractivity contribution in [1.29, 1.82) is 0 Å². The van der Waals surface area contributed by atoms with Gasteiger partial charge in [-0.2, -0.15) is 0 Å². The summed E-state index contributed by atoms with van der Waals surface area (Å²) < 4.78 is 4.71. The van der Waals surface area contributed by atoms with Gasteiger partial charge in [-0.25, -0.2) is 9.59 Å². The Morgan fingerprint density at radius 2 is 1.63 bits per heavy atom. The van der Waals surface area contributed by atoms with Gasteiger partial charge in [0.2, 0.25) is 0 Å². The lowest BCUT2D eigenvalue weighted by atomic mass is 10.0. The van der Waals surface area contributed by atoms with Crippen molar-refractivity contribution in [3.05, 3.63) is 59.7 Å². The topological polar surface area (TPSA) is 61.9 Å². The fourth-order valence-corrected chi connectivity index (χ4v) is 3.15. The molecule has 3 amide bonds. The molecular formula is C21H25N3O3. The number of hydrogen-bond acceptors (Lipinski definition) is 3. The second-order valence-electron chi connectivity index (χ2n) is 6.67. The quantitative estimate of drug-likeness (QED) is 0.906. The van der Waals surface area contributed by atoms with Gasteiger partial charge in [0, 0.05) is 32.7 Å². The molecule has 1 N–H and O–H groups in total.